The summed E-state index contributed by atoms with van der Waals surface area (Å²) in [4.78, 5) is 8.11. The average Bonchev–Trinajstić information content (AvgIpc) is 2.85. The molecular formula is C14H10FN3OS. The Kier molecular flexibility index (Phi) is 3.08. The van der Waals surface area contributed by atoms with E-state index < -0.39 is 5.82 Å². The van der Waals surface area contributed by atoms with Crippen LogP contribution >= 0.6 is 11.3 Å². The number of anilines is 1. The van der Waals surface area contributed by atoms with Crippen molar-refractivity contribution in [2.45, 2.75) is 0 Å². The summed E-state index contributed by atoms with van der Waals surface area (Å²) in [5.74, 6) is 0.0637. The second-order valence-corrected chi connectivity index (χ2v) is 5.04. The molecule has 0 unspecified atom stereocenters. The van der Waals surface area contributed by atoms with E-state index in [1.165, 1.54) is 35.9 Å². The molecule has 3 rings (SSSR count). The van der Waals surface area contributed by atoms with Crippen LogP contribution in [0.1, 0.15) is 11.1 Å². The van der Waals surface area contributed by atoms with E-state index in [1.807, 2.05) is 5.38 Å². The number of benzene rings is 1. The smallest absolute Gasteiger partial charge is 0.144 e. The normalized spacial score (nSPS) is 11.4. The molecule has 0 spiro atoms. The van der Waals surface area contributed by atoms with Gasteiger partial charge in [-0.1, -0.05) is 12.2 Å². The monoisotopic (exact) mass is 287 g/mol. The third-order valence-electron chi connectivity index (χ3n) is 2.84. The zero-order valence-electron chi connectivity index (χ0n) is 10.2. The summed E-state index contributed by atoms with van der Waals surface area (Å²) in [6.07, 6.45) is 4.80. The molecule has 0 aliphatic heterocycles. The van der Waals surface area contributed by atoms with Crippen molar-refractivity contribution < 1.29 is 9.50 Å². The van der Waals surface area contributed by atoms with E-state index in [9.17, 15) is 9.50 Å². The average molecular weight is 287 g/mol. The first kappa shape index (κ1) is 12.6. The maximum atomic E-state index is 13.1. The minimum absolute atomic E-state index is 0.0244. The van der Waals surface area contributed by atoms with Crippen LogP contribution in [0.5, 0.6) is 5.75 Å². The fourth-order valence-corrected chi connectivity index (χ4v) is 2.73. The number of nitrogens with zero attached hydrogens (tertiary/aromatic N) is 2. The molecule has 4 nitrogen and oxygen atoms in total. The van der Waals surface area contributed by atoms with Crippen molar-refractivity contribution in [2.24, 2.45) is 0 Å². The van der Waals surface area contributed by atoms with Crippen molar-refractivity contribution in [3.8, 4) is 5.75 Å². The molecule has 0 saturated heterocycles. The highest BCUT2D eigenvalue weighted by atomic mass is 32.1. The first-order valence-corrected chi connectivity index (χ1v) is 6.67. The van der Waals surface area contributed by atoms with E-state index in [2.05, 4.69) is 9.97 Å². The highest BCUT2D eigenvalue weighted by molar-refractivity contribution is 7.18. The third kappa shape index (κ3) is 2.21. The number of thiophene rings is 1. The van der Waals surface area contributed by atoms with E-state index in [1.54, 1.807) is 12.2 Å². The number of phenols is 1. The number of fused-ring (bicyclic) bond motifs is 1. The molecule has 1 aromatic carbocycles. The molecule has 6 heteroatoms. The highest BCUT2D eigenvalue weighted by Crippen LogP contribution is 2.29. The van der Waals surface area contributed by atoms with Crippen LogP contribution in [-0.4, -0.2) is 15.1 Å². The molecule has 0 amide bonds. The molecule has 20 heavy (non-hydrogen) atoms. The van der Waals surface area contributed by atoms with Crippen LogP contribution in [0.25, 0.3) is 22.4 Å². The number of phenolic OH excluding ortho intramolecular Hbond substituents is 1. The van der Waals surface area contributed by atoms with E-state index in [-0.39, 0.29) is 5.75 Å². The number of halogens is 1. The first-order chi connectivity index (χ1) is 9.65. The molecule has 0 saturated carbocycles. The highest BCUT2D eigenvalue weighted by Gasteiger charge is 2.06. The Morgan fingerprint density at radius 3 is 2.85 bits per heavy atom. The molecule has 3 aromatic rings. The number of aromatic nitrogens is 2. The van der Waals surface area contributed by atoms with Gasteiger partial charge in [0.2, 0.25) is 0 Å². The van der Waals surface area contributed by atoms with Crippen LogP contribution in [0.15, 0.2) is 29.9 Å². The van der Waals surface area contributed by atoms with Gasteiger partial charge in [-0.15, -0.1) is 11.3 Å². The van der Waals surface area contributed by atoms with Gasteiger partial charge in [0.25, 0.3) is 0 Å². The lowest BCUT2D eigenvalue weighted by Crippen LogP contribution is -1.90. The van der Waals surface area contributed by atoms with E-state index in [0.717, 1.165) is 15.8 Å². The minimum Gasteiger partial charge on any atom is -0.507 e. The van der Waals surface area contributed by atoms with Crippen LogP contribution in [0, 0.1) is 5.82 Å². The molecule has 0 aliphatic rings. The maximum absolute atomic E-state index is 13.1. The Balaban J connectivity index is 2.03. The van der Waals surface area contributed by atoms with E-state index in [4.69, 9.17) is 5.73 Å². The lowest BCUT2D eigenvalue weighted by molar-refractivity contribution is 0.472. The molecule has 2 heterocycles. The number of aromatic hydroxyl groups is 1. The van der Waals surface area contributed by atoms with Crippen molar-refractivity contribution in [3.05, 3.63) is 46.9 Å². The Morgan fingerprint density at radius 2 is 2.00 bits per heavy atom. The number of hydrogen-bond acceptors (Lipinski definition) is 5. The fraction of sp³-hybridized carbons (Fsp3) is 0. The zero-order valence-corrected chi connectivity index (χ0v) is 11.1. The number of rotatable bonds is 2. The topological polar surface area (TPSA) is 72.0 Å². The Hall–Kier alpha value is -2.47. The van der Waals surface area contributed by atoms with Gasteiger partial charge in [-0.25, -0.2) is 14.4 Å². The summed E-state index contributed by atoms with van der Waals surface area (Å²) >= 11 is 1.45. The fourth-order valence-electron chi connectivity index (χ4n) is 1.84. The lowest BCUT2D eigenvalue weighted by Gasteiger charge is -1.98. The van der Waals surface area contributed by atoms with Crippen molar-refractivity contribution in [2.75, 3.05) is 5.73 Å². The third-order valence-corrected chi connectivity index (χ3v) is 3.85. The number of hydrogen-bond donors (Lipinski definition) is 2. The van der Waals surface area contributed by atoms with Crippen molar-refractivity contribution >= 4 is 39.5 Å². The van der Waals surface area contributed by atoms with Crippen LogP contribution in [-0.2, 0) is 0 Å². The summed E-state index contributed by atoms with van der Waals surface area (Å²) in [6, 6.07) is 3.80. The minimum atomic E-state index is -0.399. The molecule has 0 aliphatic carbocycles. The van der Waals surface area contributed by atoms with Gasteiger partial charge in [0.15, 0.2) is 0 Å². The SMILES string of the molecule is Nc1ncnc2c(/C=C/c3cc(F)ccc3O)csc12. The van der Waals surface area contributed by atoms with Gasteiger partial charge in [0.1, 0.15) is 23.7 Å². The zero-order chi connectivity index (χ0) is 14.1. The Bertz CT molecular complexity index is 813. The van der Waals surface area contributed by atoms with E-state index in [0.29, 0.717) is 11.4 Å². The molecule has 100 valence electrons. The predicted octanol–water partition coefficient (Wildman–Crippen LogP) is 3.29. The molecule has 0 atom stereocenters. The second-order valence-electron chi connectivity index (χ2n) is 4.16. The second kappa shape index (κ2) is 4.90. The van der Waals surface area contributed by atoms with Crippen LogP contribution in [0.3, 0.4) is 0 Å². The number of nitrogen functional groups attached to an aromatic ring is 1. The predicted molar refractivity (Wildman–Crippen MR) is 78.8 cm³/mol. The lowest BCUT2D eigenvalue weighted by atomic mass is 10.1. The van der Waals surface area contributed by atoms with Gasteiger partial charge in [0.05, 0.1) is 10.2 Å². The van der Waals surface area contributed by atoms with Gasteiger partial charge in [-0.2, -0.15) is 0 Å². The molecular weight excluding hydrogens is 277 g/mol. The summed E-state index contributed by atoms with van der Waals surface area (Å²) in [7, 11) is 0. The quantitative estimate of drug-likeness (QED) is 0.758. The van der Waals surface area contributed by atoms with Gasteiger partial charge in [0, 0.05) is 16.5 Å². The molecule has 3 N–H and O–H groups in total. The van der Waals surface area contributed by atoms with Gasteiger partial charge < -0.3 is 10.8 Å². The van der Waals surface area contributed by atoms with Crippen LogP contribution in [0.2, 0.25) is 0 Å². The standard InChI is InChI=1S/C14H10FN3OS/c15-10-3-4-11(19)8(5-10)1-2-9-6-20-13-12(9)17-7-18-14(13)16/h1-7,19H,(H2,16,17,18)/b2-1+. The molecule has 0 bridgehead atoms. The van der Waals surface area contributed by atoms with Crippen molar-refractivity contribution in [1.29, 1.82) is 0 Å². The largest absolute Gasteiger partial charge is 0.507 e. The molecule has 2 aromatic heterocycles. The van der Waals surface area contributed by atoms with Crippen molar-refractivity contribution in [1.82, 2.24) is 9.97 Å². The summed E-state index contributed by atoms with van der Waals surface area (Å²) in [5, 5.41) is 11.6. The first-order valence-electron chi connectivity index (χ1n) is 5.79. The van der Waals surface area contributed by atoms with Crippen LogP contribution in [0.4, 0.5) is 10.2 Å². The molecule has 0 radical (unpaired) electrons. The number of nitrogens with two attached hydrogens (primary N) is 1. The maximum Gasteiger partial charge on any atom is 0.144 e. The van der Waals surface area contributed by atoms with Gasteiger partial charge in [-0.3, -0.25) is 0 Å². The molecule has 0 fully saturated rings. The van der Waals surface area contributed by atoms with Crippen molar-refractivity contribution in [3.63, 3.8) is 0 Å². The summed E-state index contributed by atoms with van der Waals surface area (Å²) in [6.45, 7) is 0. The van der Waals surface area contributed by atoms with Crippen LogP contribution < -0.4 is 5.73 Å². The van der Waals surface area contributed by atoms with E-state index >= 15 is 0 Å². The Morgan fingerprint density at radius 1 is 1.20 bits per heavy atom. The Labute approximate surface area is 118 Å². The summed E-state index contributed by atoms with van der Waals surface area (Å²) in [5.41, 5.74) is 7.77. The van der Waals surface area contributed by atoms with Gasteiger partial charge >= 0.3 is 0 Å². The van der Waals surface area contributed by atoms with Gasteiger partial charge in [-0.05, 0) is 18.2 Å². The summed E-state index contributed by atoms with van der Waals surface area (Å²) < 4.78 is 14.0.